The molecule has 2 atom stereocenters. The first kappa shape index (κ1) is 16.8. The van der Waals surface area contributed by atoms with Crippen LogP contribution >= 0.6 is 0 Å². The molecule has 1 aromatic carbocycles. The van der Waals surface area contributed by atoms with Crippen molar-refractivity contribution in [2.75, 3.05) is 13.7 Å². The van der Waals surface area contributed by atoms with Crippen molar-refractivity contribution in [3.63, 3.8) is 0 Å². The van der Waals surface area contributed by atoms with Crippen LogP contribution in [0.5, 0.6) is 0 Å². The number of amides is 2. The molecule has 1 aromatic rings. The molecule has 0 aliphatic heterocycles. The summed E-state index contributed by atoms with van der Waals surface area (Å²) in [5.74, 6) is -1.56. The van der Waals surface area contributed by atoms with E-state index in [1.165, 1.54) is 6.92 Å². The molecule has 23 heavy (non-hydrogen) atoms. The maximum atomic E-state index is 12.0. The zero-order chi connectivity index (χ0) is 18.1. The quantitative estimate of drug-likeness (QED) is 0.606. The van der Waals surface area contributed by atoms with Gasteiger partial charge in [-0.05, 0) is 12.5 Å². The predicted octanol–water partition coefficient (Wildman–Crippen LogP) is -0.0486. The summed E-state index contributed by atoms with van der Waals surface area (Å²) in [7, 11) is 1.16. The van der Waals surface area contributed by atoms with Crippen LogP contribution in [0.1, 0.15) is 12.5 Å². The van der Waals surface area contributed by atoms with E-state index < -0.39 is 36.7 Å². The van der Waals surface area contributed by atoms with E-state index in [0.717, 1.165) is 7.11 Å². The number of esters is 1. The summed E-state index contributed by atoms with van der Waals surface area (Å²) in [6, 6.07) is 6.30. The molecule has 1 rings (SSSR count). The highest BCUT2D eigenvalue weighted by atomic mass is 16.5. The number of alkyl carbamates (subject to hydrolysis) is 1. The molecule has 0 aliphatic rings. The molecule has 0 spiro atoms. The minimum absolute atomic E-state index is 0.0760. The van der Waals surface area contributed by atoms with E-state index in [9.17, 15) is 19.5 Å². The van der Waals surface area contributed by atoms with Crippen molar-refractivity contribution in [1.82, 2.24) is 10.6 Å². The van der Waals surface area contributed by atoms with Gasteiger partial charge >= 0.3 is 12.1 Å². The summed E-state index contributed by atoms with van der Waals surface area (Å²) in [6.45, 7) is 0.497. The molecule has 2 amide bonds. The Morgan fingerprint density at radius 1 is 1.30 bits per heavy atom. The van der Waals surface area contributed by atoms with Gasteiger partial charge in [-0.1, -0.05) is 30.3 Å². The number of carbonyl (C=O) groups excluding carboxylic acids is 3. The number of hydrogen-bond acceptors (Lipinski definition) is 6. The van der Waals surface area contributed by atoms with Crippen LogP contribution in [0.15, 0.2) is 30.3 Å². The minimum atomic E-state index is -1.51. The monoisotopic (exact) mass is 325 g/mol. The van der Waals surface area contributed by atoms with E-state index >= 15 is 0 Å². The van der Waals surface area contributed by atoms with E-state index in [1.807, 2.05) is 0 Å². The second-order valence-electron chi connectivity index (χ2n) is 4.62. The topological polar surface area (TPSA) is 114 Å². The van der Waals surface area contributed by atoms with E-state index in [4.69, 9.17) is 6.15 Å². The molecule has 0 fully saturated rings. The van der Waals surface area contributed by atoms with Gasteiger partial charge in [0.2, 0.25) is 5.91 Å². The van der Waals surface area contributed by atoms with Crippen molar-refractivity contribution in [2.45, 2.75) is 25.6 Å². The summed E-state index contributed by atoms with van der Waals surface area (Å²) in [4.78, 5) is 35.1. The van der Waals surface area contributed by atoms with Crippen molar-refractivity contribution in [3.05, 3.63) is 35.9 Å². The van der Waals surface area contributed by atoms with Crippen LogP contribution in [-0.2, 0) is 25.7 Å². The molecule has 0 unspecified atom stereocenters. The molecular formula is C15H20N2O6. The van der Waals surface area contributed by atoms with Gasteiger partial charge in [0.15, 0.2) is 1.41 Å². The fraction of sp³-hybridized carbons (Fsp3) is 0.400. The fourth-order valence-electron chi connectivity index (χ4n) is 1.61. The lowest BCUT2D eigenvalue weighted by Crippen LogP contribution is -2.52. The molecule has 0 aliphatic carbocycles. The maximum Gasteiger partial charge on any atom is 0.408 e. The van der Waals surface area contributed by atoms with Gasteiger partial charge in [0, 0.05) is 0 Å². The molecule has 8 heteroatoms. The van der Waals surface area contributed by atoms with E-state index in [0.29, 0.717) is 5.56 Å². The molecule has 0 saturated heterocycles. The number of aliphatic hydroxyl groups is 1. The van der Waals surface area contributed by atoms with Crippen LogP contribution in [0.2, 0.25) is 1.41 Å². The molecule has 8 nitrogen and oxygen atoms in total. The highest BCUT2D eigenvalue weighted by molar-refractivity contribution is 5.89. The molecule has 3 N–H and O–H groups in total. The van der Waals surface area contributed by atoms with E-state index in [-0.39, 0.29) is 11.9 Å². The van der Waals surface area contributed by atoms with Gasteiger partial charge in [0.05, 0.1) is 13.7 Å². The van der Waals surface area contributed by atoms with Crippen LogP contribution in [0.25, 0.3) is 0 Å². The van der Waals surface area contributed by atoms with E-state index in [1.54, 1.807) is 30.3 Å². The first-order valence-electron chi connectivity index (χ1n) is 7.33. The summed E-state index contributed by atoms with van der Waals surface area (Å²) in [6.07, 6.45) is -1.10. The number of aliphatic hydroxyl groups excluding tert-OH is 1. The predicted molar refractivity (Wildman–Crippen MR) is 80.3 cm³/mol. The Labute approximate surface area is 135 Å². The molecule has 0 heterocycles. The Hall–Kier alpha value is -2.61. The second kappa shape index (κ2) is 9.42. The summed E-state index contributed by atoms with van der Waals surface area (Å²) in [5, 5.41) is 11.7. The zero-order valence-corrected chi connectivity index (χ0v) is 12.9. The number of methoxy groups -OCH3 is 1. The first-order valence-corrected chi connectivity index (χ1v) is 6.88. The Morgan fingerprint density at radius 3 is 2.52 bits per heavy atom. The van der Waals surface area contributed by atoms with Crippen LogP contribution in [-0.4, -0.2) is 48.9 Å². The Bertz CT molecular complexity index is 568. The summed E-state index contributed by atoms with van der Waals surface area (Å²) >= 11 is 0. The minimum Gasteiger partial charge on any atom is -0.467 e. The number of nitrogens with one attached hydrogen (secondary N) is 2. The lowest BCUT2D eigenvalue weighted by atomic mass is 10.2. The lowest BCUT2D eigenvalue weighted by Gasteiger charge is -2.18. The summed E-state index contributed by atoms with van der Waals surface area (Å²) < 4.78 is 17.0. The van der Waals surface area contributed by atoms with Crippen LogP contribution in [0.3, 0.4) is 0 Å². The van der Waals surface area contributed by atoms with Crippen molar-refractivity contribution >= 4 is 18.0 Å². The van der Waals surface area contributed by atoms with Gasteiger partial charge in [-0.25, -0.2) is 9.59 Å². The number of hydrogen-bond donors (Lipinski definition) is 3. The average molecular weight is 325 g/mol. The Morgan fingerprint density at radius 2 is 1.96 bits per heavy atom. The van der Waals surface area contributed by atoms with Crippen molar-refractivity contribution in [1.29, 1.82) is 0 Å². The van der Waals surface area contributed by atoms with Crippen LogP contribution < -0.4 is 10.6 Å². The molecular weight excluding hydrogens is 304 g/mol. The van der Waals surface area contributed by atoms with Gasteiger partial charge in [-0.3, -0.25) is 4.79 Å². The van der Waals surface area contributed by atoms with Crippen molar-refractivity contribution in [2.24, 2.45) is 0 Å². The van der Waals surface area contributed by atoms with Gasteiger partial charge in [0.1, 0.15) is 18.7 Å². The number of carbonyl (C=O) groups is 3. The molecule has 0 saturated carbocycles. The molecule has 0 bridgehead atoms. The number of rotatable bonds is 7. The van der Waals surface area contributed by atoms with E-state index in [2.05, 4.69) is 10.1 Å². The average Bonchev–Trinajstić information content (AvgIpc) is 2.60. The third-order valence-electron chi connectivity index (χ3n) is 2.86. The first-order chi connectivity index (χ1) is 11.4. The van der Waals surface area contributed by atoms with Gasteiger partial charge in [0.25, 0.3) is 0 Å². The zero-order valence-electron chi connectivity index (χ0n) is 13.9. The van der Waals surface area contributed by atoms with Crippen LogP contribution in [0, 0.1) is 0 Å². The van der Waals surface area contributed by atoms with Crippen molar-refractivity contribution < 1.29 is 30.4 Å². The Kier molecular flexibility index (Phi) is 6.86. The normalized spacial score (nSPS) is 13.3. The third-order valence-corrected chi connectivity index (χ3v) is 2.86. The molecule has 0 aromatic heterocycles. The highest BCUT2D eigenvalue weighted by Crippen LogP contribution is 2.01. The lowest BCUT2D eigenvalue weighted by molar-refractivity contribution is -0.144. The van der Waals surface area contributed by atoms with Crippen LogP contribution in [0.4, 0.5) is 4.79 Å². The number of ether oxygens (including phenoxy) is 2. The second-order valence-corrected chi connectivity index (χ2v) is 4.62. The standard InChI is InChI=1S/C15H20N2O6/c1-10(14(20)22-2)16-13(19)12(8-18)17-15(21)23-9-11-6-4-3-5-7-11/h3-7,10,12,18H,8-9H2,1-2H3,(H,16,19)(H,17,21)/t10-,12+/m0/s1/i/hD. The maximum absolute atomic E-state index is 12.0. The van der Waals surface area contributed by atoms with Crippen molar-refractivity contribution in [3.8, 4) is 0 Å². The summed E-state index contributed by atoms with van der Waals surface area (Å²) in [5.41, 5.74) is 0.712. The Balaban J connectivity index is 2.60. The SMILES string of the molecule is [2H]N(C(=O)OCc1ccccc1)[C@H](CO)C(=O)N[C@@H](C)C(=O)OC. The molecule has 0 radical (unpaired) electrons. The number of benzene rings is 1. The van der Waals surface area contributed by atoms with Gasteiger partial charge in [-0.2, -0.15) is 0 Å². The largest absolute Gasteiger partial charge is 0.467 e. The molecule has 126 valence electrons. The van der Waals surface area contributed by atoms with Gasteiger partial charge < -0.3 is 25.2 Å². The third kappa shape index (κ3) is 6.35. The van der Waals surface area contributed by atoms with Gasteiger partial charge in [-0.15, -0.1) is 0 Å². The smallest absolute Gasteiger partial charge is 0.408 e. The highest BCUT2D eigenvalue weighted by Gasteiger charge is 2.24. The fourth-order valence-corrected chi connectivity index (χ4v) is 1.61.